The Morgan fingerprint density at radius 3 is 2.90 bits per heavy atom. The molecular formula is C16H16FN3O. The van der Waals surface area contributed by atoms with Gasteiger partial charge >= 0.3 is 0 Å². The summed E-state index contributed by atoms with van der Waals surface area (Å²) in [4.78, 5) is 16.4. The third-order valence-electron chi connectivity index (χ3n) is 4.75. The lowest BCUT2D eigenvalue weighted by atomic mass is 10.0. The SMILES string of the molecule is N[C@@H]1C[C@H](C(=O)Nc2cnc3c(F)cccc3c2)[C@H]2C[C@H]21. The first kappa shape index (κ1) is 12.7. The number of nitrogens with zero attached hydrogens (tertiary/aromatic N) is 1. The van der Waals surface area contributed by atoms with Gasteiger partial charge in [0.1, 0.15) is 11.3 Å². The lowest BCUT2D eigenvalue weighted by Gasteiger charge is -2.14. The molecule has 0 unspecified atom stereocenters. The van der Waals surface area contributed by atoms with Crippen LogP contribution in [-0.2, 0) is 4.79 Å². The first-order valence-electron chi connectivity index (χ1n) is 7.24. The largest absolute Gasteiger partial charge is 0.327 e. The van der Waals surface area contributed by atoms with Gasteiger partial charge in [0.2, 0.25) is 5.91 Å². The molecule has 2 aliphatic rings. The molecule has 2 fully saturated rings. The quantitative estimate of drug-likeness (QED) is 0.889. The molecule has 1 heterocycles. The Labute approximate surface area is 121 Å². The van der Waals surface area contributed by atoms with E-state index in [1.165, 1.54) is 12.3 Å². The molecule has 4 atom stereocenters. The van der Waals surface area contributed by atoms with Crippen LogP contribution in [0.5, 0.6) is 0 Å². The fourth-order valence-corrected chi connectivity index (χ4v) is 3.56. The maximum Gasteiger partial charge on any atom is 0.227 e. The number of pyridine rings is 1. The van der Waals surface area contributed by atoms with Gasteiger partial charge in [-0.1, -0.05) is 12.1 Å². The Morgan fingerprint density at radius 1 is 1.33 bits per heavy atom. The van der Waals surface area contributed by atoms with E-state index in [9.17, 15) is 9.18 Å². The van der Waals surface area contributed by atoms with Gasteiger partial charge in [0.05, 0.1) is 11.9 Å². The molecule has 4 rings (SSSR count). The van der Waals surface area contributed by atoms with Crippen molar-refractivity contribution in [3.05, 3.63) is 36.3 Å². The fourth-order valence-electron chi connectivity index (χ4n) is 3.56. The zero-order valence-electron chi connectivity index (χ0n) is 11.4. The topological polar surface area (TPSA) is 68.0 Å². The van der Waals surface area contributed by atoms with Gasteiger partial charge in [-0.05, 0) is 36.8 Å². The molecule has 1 aromatic heterocycles. The van der Waals surface area contributed by atoms with Crippen LogP contribution in [-0.4, -0.2) is 16.9 Å². The number of hydrogen-bond donors (Lipinski definition) is 2. The standard InChI is InChI=1S/C16H16FN3O/c17-13-3-1-2-8-4-9(7-19-15(8)13)20-16(21)12-6-14(18)11-5-10(11)12/h1-4,7,10-12,14H,5-6,18H2,(H,20,21)/t10-,11+,12-,14+/m0/s1. The van der Waals surface area contributed by atoms with Gasteiger partial charge in [-0.15, -0.1) is 0 Å². The summed E-state index contributed by atoms with van der Waals surface area (Å²) in [5.41, 5.74) is 6.93. The minimum Gasteiger partial charge on any atom is -0.327 e. The molecule has 108 valence electrons. The Balaban J connectivity index is 1.56. The number of halogens is 1. The van der Waals surface area contributed by atoms with E-state index in [1.54, 1.807) is 18.2 Å². The molecule has 3 N–H and O–H groups in total. The first-order valence-corrected chi connectivity index (χ1v) is 7.24. The second kappa shape index (κ2) is 4.49. The molecule has 1 aromatic carbocycles. The second-order valence-corrected chi connectivity index (χ2v) is 6.09. The Hall–Kier alpha value is -2.01. The van der Waals surface area contributed by atoms with Crippen molar-refractivity contribution < 1.29 is 9.18 Å². The number of fused-ring (bicyclic) bond motifs is 2. The molecular weight excluding hydrogens is 269 g/mol. The van der Waals surface area contributed by atoms with Gasteiger partial charge in [0.15, 0.2) is 0 Å². The summed E-state index contributed by atoms with van der Waals surface area (Å²) < 4.78 is 13.6. The van der Waals surface area contributed by atoms with Crippen LogP contribution >= 0.6 is 0 Å². The number of hydrogen-bond acceptors (Lipinski definition) is 3. The molecule has 0 saturated heterocycles. The predicted octanol–water partition coefficient (Wildman–Crippen LogP) is 2.30. The molecule has 0 bridgehead atoms. The average Bonchev–Trinajstić information content (AvgIpc) is 3.19. The van der Waals surface area contributed by atoms with Crippen LogP contribution in [0.2, 0.25) is 0 Å². The van der Waals surface area contributed by atoms with E-state index in [-0.39, 0.29) is 23.7 Å². The highest BCUT2D eigenvalue weighted by Gasteiger charge is 2.55. The predicted molar refractivity (Wildman–Crippen MR) is 78.0 cm³/mol. The molecule has 0 aliphatic heterocycles. The lowest BCUT2D eigenvalue weighted by molar-refractivity contribution is -0.120. The van der Waals surface area contributed by atoms with Crippen molar-refractivity contribution in [3.8, 4) is 0 Å². The van der Waals surface area contributed by atoms with Crippen LogP contribution in [0.25, 0.3) is 10.9 Å². The van der Waals surface area contributed by atoms with E-state index in [2.05, 4.69) is 10.3 Å². The van der Waals surface area contributed by atoms with Gasteiger partial charge in [-0.2, -0.15) is 0 Å². The van der Waals surface area contributed by atoms with E-state index in [1.807, 2.05) is 0 Å². The Bertz CT molecular complexity index is 733. The van der Waals surface area contributed by atoms with Gasteiger partial charge in [-0.3, -0.25) is 9.78 Å². The number of amides is 1. The van der Waals surface area contributed by atoms with E-state index in [4.69, 9.17) is 5.73 Å². The minimum atomic E-state index is -0.354. The monoisotopic (exact) mass is 285 g/mol. The van der Waals surface area contributed by atoms with Crippen LogP contribution in [0.3, 0.4) is 0 Å². The lowest BCUT2D eigenvalue weighted by Crippen LogP contribution is -2.27. The van der Waals surface area contributed by atoms with Crippen molar-refractivity contribution in [3.63, 3.8) is 0 Å². The zero-order valence-corrected chi connectivity index (χ0v) is 11.4. The number of para-hydroxylation sites is 1. The number of nitrogens with one attached hydrogen (secondary N) is 1. The van der Waals surface area contributed by atoms with Gasteiger partial charge in [-0.25, -0.2) is 4.39 Å². The molecule has 5 heteroatoms. The van der Waals surface area contributed by atoms with Crippen LogP contribution in [0.15, 0.2) is 30.5 Å². The molecule has 0 spiro atoms. The summed E-state index contributed by atoms with van der Waals surface area (Å²) in [7, 11) is 0. The summed E-state index contributed by atoms with van der Waals surface area (Å²) in [5.74, 6) is 0.643. The molecule has 2 aromatic rings. The molecule has 0 radical (unpaired) electrons. The number of nitrogens with two attached hydrogens (primary N) is 1. The summed E-state index contributed by atoms with van der Waals surface area (Å²) >= 11 is 0. The normalized spacial score (nSPS) is 30.2. The van der Waals surface area contributed by atoms with Crippen LogP contribution < -0.4 is 11.1 Å². The summed E-state index contributed by atoms with van der Waals surface area (Å²) in [6, 6.07) is 6.71. The zero-order chi connectivity index (χ0) is 14.6. The van der Waals surface area contributed by atoms with Gasteiger partial charge in [0, 0.05) is 17.3 Å². The Kier molecular flexibility index (Phi) is 2.72. The van der Waals surface area contributed by atoms with Crippen molar-refractivity contribution in [1.29, 1.82) is 0 Å². The van der Waals surface area contributed by atoms with E-state index in [0.29, 0.717) is 28.4 Å². The third kappa shape index (κ3) is 2.08. The summed E-state index contributed by atoms with van der Waals surface area (Å²) in [6.45, 7) is 0. The fraction of sp³-hybridized carbons (Fsp3) is 0.375. The second-order valence-electron chi connectivity index (χ2n) is 6.09. The van der Waals surface area contributed by atoms with Crippen molar-refractivity contribution >= 4 is 22.5 Å². The maximum atomic E-state index is 13.6. The van der Waals surface area contributed by atoms with Gasteiger partial charge in [0.25, 0.3) is 0 Å². The van der Waals surface area contributed by atoms with Crippen LogP contribution in [0.1, 0.15) is 12.8 Å². The van der Waals surface area contributed by atoms with Crippen molar-refractivity contribution in [2.45, 2.75) is 18.9 Å². The molecule has 1 amide bonds. The highest BCUT2D eigenvalue weighted by molar-refractivity contribution is 5.95. The number of rotatable bonds is 2. The molecule has 4 nitrogen and oxygen atoms in total. The van der Waals surface area contributed by atoms with Crippen molar-refractivity contribution in [2.75, 3.05) is 5.32 Å². The summed E-state index contributed by atoms with van der Waals surface area (Å²) in [5, 5.41) is 3.57. The van der Waals surface area contributed by atoms with E-state index >= 15 is 0 Å². The molecule has 2 aliphatic carbocycles. The molecule has 21 heavy (non-hydrogen) atoms. The van der Waals surface area contributed by atoms with Gasteiger partial charge < -0.3 is 11.1 Å². The maximum absolute atomic E-state index is 13.6. The average molecular weight is 285 g/mol. The number of benzene rings is 1. The van der Waals surface area contributed by atoms with Crippen LogP contribution in [0, 0.1) is 23.6 Å². The number of carbonyl (C=O) groups excluding carboxylic acids is 1. The minimum absolute atomic E-state index is 0.00741. The first-order chi connectivity index (χ1) is 10.1. The van der Waals surface area contributed by atoms with Crippen LogP contribution in [0.4, 0.5) is 10.1 Å². The smallest absolute Gasteiger partial charge is 0.227 e. The highest BCUT2D eigenvalue weighted by atomic mass is 19.1. The number of anilines is 1. The van der Waals surface area contributed by atoms with E-state index in [0.717, 1.165) is 12.8 Å². The highest BCUT2D eigenvalue weighted by Crippen LogP contribution is 2.54. The number of carbonyl (C=O) groups is 1. The van der Waals surface area contributed by atoms with Crippen molar-refractivity contribution in [1.82, 2.24) is 4.98 Å². The third-order valence-corrected chi connectivity index (χ3v) is 4.75. The summed E-state index contributed by atoms with van der Waals surface area (Å²) in [6.07, 6.45) is 3.33. The van der Waals surface area contributed by atoms with E-state index < -0.39 is 0 Å². The van der Waals surface area contributed by atoms with Crippen molar-refractivity contribution in [2.24, 2.45) is 23.5 Å². The molecule has 2 saturated carbocycles. The number of aromatic nitrogens is 1. The Morgan fingerprint density at radius 2 is 2.19 bits per heavy atom.